The number of carbonyl (C=O) groups excluding carboxylic acids is 2. The molecule has 3 rings (SSSR count). The molecule has 0 radical (unpaired) electrons. The van der Waals surface area contributed by atoms with Crippen LogP contribution in [0.1, 0.15) is 29.6 Å². The number of hydrogen-bond donors (Lipinski definition) is 2. The molecule has 2 amide bonds. The molecule has 1 aliphatic heterocycles. The second-order valence-corrected chi connectivity index (χ2v) is 7.44. The summed E-state index contributed by atoms with van der Waals surface area (Å²) in [5.74, 6) is -0.206. The first-order valence-electron chi connectivity index (χ1n) is 9.84. The molecule has 1 aromatic carbocycles. The Morgan fingerprint density at radius 3 is 2.45 bits per heavy atom. The van der Waals surface area contributed by atoms with Gasteiger partial charge in [-0.3, -0.25) is 14.5 Å². The third-order valence-electron chi connectivity index (χ3n) is 5.80. The molecule has 6 nitrogen and oxygen atoms in total. The Kier molecular flexibility index (Phi) is 10.9. The highest BCUT2D eigenvalue weighted by molar-refractivity contribution is 5.94. The van der Waals surface area contributed by atoms with Crippen LogP contribution in [-0.4, -0.2) is 67.4 Å². The fourth-order valence-corrected chi connectivity index (χ4v) is 4.14. The van der Waals surface area contributed by atoms with Crippen LogP contribution in [-0.2, 0) is 4.79 Å². The number of hydrogen-bond acceptors (Lipinski definition) is 4. The van der Waals surface area contributed by atoms with Crippen molar-refractivity contribution in [3.05, 3.63) is 35.6 Å². The van der Waals surface area contributed by atoms with Crippen LogP contribution >= 0.6 is 24.8 Å². The van der Waals surface area contributed by atoms with E-state index in [2.05, 4.69) is 10.2 Å². The third kappa shape index (κ3) is 6.54. The molecule has 0 aromatic heterocycles. The summed E-state index contributed by atoms with van der Waals surface area (Å²) in [6.45, 7) is 4.76. The van der Waals surface area contributed by atoms with E-state index in [1.807, 2.05) is 4.90 Å². The van der Waals surface area contributed by atoms with Crippen LogP contribution in [0.4, 0.5) is 4.39 Å². The summed E-state index contributed by atoms with van der Waals surface area (Å²) in [5.41, 5.74) is 5.88. The second-order valence-electron chi connectivity index (χ2n) is 7.44. The zero-order valence-electron chi connectivity index (χ0n) is 16.5. The van der Waals surface area contributed by atoms with Gasteiger partial charge in [0.2, 0.25) is 5.91 Å². The van der Waals surface area contributed by atoms with Crippen molar-refractivity contribution in [3.63, 3.8) is 0 Å². The number of rotatable bonds is 6. The Bertz CT molecular complexity index is 672. The summed E-state index contributed by atoms with van der Waals surface area (Å²) >= 11 is 0. The number of halogens is 3. The number of nitrogens with one attached hydrogen (secondary N) is 1. The Balaban J connectivity index is 0.00000210. The molecule has 0 spiro atoms. The van der Waals surface area contributed by atoms with Crippen molar-refractivity contribution >= 4 is 36.6 Å². The van der Waals surface area contributed by atoms with Gasteiger partial charge in [0, 0.05) is 45.2 Å². The minimum Gasteiger partial charge on any atom is -0.351 e. The van der Waals surface area contributed by atoms with Crippen molar-refractivity contribution in [1.29, 1.82) is 0 Å². The van der Waals surface area contributed by atoms with Crippen LogP contribution < -0.4 is 11.1 Å². The quantitative estimate of drug-likeness (QED) is 0.696. The van der Waals surface area contributed by atoms with Gasteiger partial charge < -0.3 is 16.0 Å². The van der Waals surface area contributed by atoms with Crippen LogP contribution in [0.25, 0.3) is 0 Å². The lowest BCUT2D eigenvalue weighted by Crippen LogP contribution is -2.52. The molecule has 0 unspecified atom stereocenters. The molecule has 1 aliphatic carbocycles. The second kappa shape index (κ2) is 12.3. The van der Waals surface area contributed by atoms with E-state index in [4.69, 9.17) is 5.73 Å². The van der Waals surface area contributed by atoms with Crippen LogP contribution in [0.2, 0.25) is 0 Å². The van der Waals surface area contributed by atoms with E-state index in [-0.39, 0.29) is 42.2 Å². The molecule has 3 N–H and O–H groups in total. The lowest BCUT2D eigenvalue weighted by atomic mass is 9.94. The zero-order chi connectivity index (χ0) is 19.2. The van der Waals surface area contributed by atoms with E-state index < -0.39 is 11.7 Å². The molecule has 9 heteroatoms. The van der Waals surface area contributed by atoms with Gasteiger partial charge in [-0.15, -0.1) is 24.8 Å². The first kappa shape index (κ1) is 25.6. The van der Waals surface area contributed by atoms with Gasteiger partial charge in [0.05, 0.1) is 5.56 Å². The summed E-state index contributed by atoms with van der Waals surface area (Å²) < 4.78 is 13.6. The summed E-state index contributed by atoms with van der Waals surface area (Å²) in [6, 6.07) is 5.97. The third-order valence-corrected chi connectivity index (χ3v) is 5.80. The van der Waals surface area contributed by atoms with Crippen molar-refractivity contribution in [3.8, 4) is 0 Å². The molecule has 29 heavy (non-hydrogen) atoms. The number of amides is 2. The van der Waals surface area contributed by atoms with Gasteiger partial charge >= 0.3 is 0 Å². The Morgan fingerprint density at radius 2 is 1.79 bits per heavy atom. The largest absolute Gasteiger partial charge is 0.351 e. The standard InChI is InChI=1S/C20H29FN4O2.2ClH/c21-18-7-2-1-5-17(18)19(26)23-8-9-24-10-12-25(13-11-24)20(27)16-6-3-4-15(16)14-22;;/h1-2,5,7,15-16H,3-4,6,8-14,22H2,(H,23,26);2*1H/t15-,16-;;/m1../s1. The van der Waals surface area contributed by atoms with Crippen molar-refractivity contribution in [1.82, 2.24) is 15.1 Å². The lowest BCUT2D eigenvalue weighted by Gasteiger charge is -2.36. The number of benzene rings is 1. The molecule has 2 atom stereocenters. The Hall–Kier alpha value is -1.41. The van der Waals surface area contributed by atoms with E-state index >= 15 is 0 Å². The first-order valence-corrected chi connectivity index (χ1v) is 9.84. The Labute approximate surface area is 184 Å². The summed E-state index contributed by atoms with van der Waals surface area (Å²) in [5, 5.41) is 2.76. The lowest BCUT2D eigenvalue weighted by molar-refractivity contribution is -0.138. The molecule has 1 saturated carbocycles. The summed E-state index contributed by atoms with van der Waals surface area (Å²) in [7, 11) is 0. The zero-order valence-corrected chi connectivity index (χ0v) is 18.2. The normalized spacial score (nSPS) is 21.8. The maximum Gasteiger partial charge on any atom is 0.254 e. The average Bonchev–Trinajstić information content (AvgIpc) is 3.17. The van der Waals surface area contributed by atoms with Crippen molar-refractivity contribution in [2.24, 2.45) is 17.6 Å². The summed E-state index contributed by atoms with van der Waals surface area (Å²) in [6.07, 6.45) is 3.12. The average molecular weight is 449 g/mol. The van der Waals surface area contributed by atoms with E-state index in [1.54, 1.807) is 12.1 Å². The molecular weight excluding hydrogens is 418 g/mol. The fraction of sp³-hybridized carbons (Fsp3) is 0.600. The molecular formula is C20H31Cl2FN4O2. The molecule has 2 fully saturated rings. The van der Waals surface area contributed by atoms with Gasteiger partial charge in [-0.2, -0.15) is 0 Å². The van der Waals surface area contributed by atoms with Crippen LogP contribution in [0, 0.1) is 17.7 Å². The molecule has 1 heterocycles. The smallest absolute Gasteiger partial charge is 0.254 e. The van der Waals surface area contributed by atoms with E-state index in [0.717, 1.165) is 32.4 Å². The highest BCUT2D eigenvalue weighted by Crippen LogP contribution is 2.32. The number of piperazine rings is 1. The van der Waals surface area contributed by atoms with Crippen molar-refractivity contribution in [2.75, 3.05) is 45.8 Å². The topological polar surface area (TPSA) is 78.7 Å². The minimum atomic E-state index is -0.509. The van der Waals surface area contributed by atoms with E-state index in [1.165, 1.54) is 12.1 Å². The molecule has 1 saturated heterocycles. The van der Waals surface area contributed by atoms with Gasteiger partial charge in [0.1, 0.15) is 5.82 Å². The van der Waals surface area contributed by atoms with Gasteiger partial charge in [0.15, 0.2) is 0 Å². The maximum atomic E-state index is 13.6. The number of carbonyl (C=O) groups is 2. The fourth-order valence-electron chi connectivity index (χ4n) is 4.14. The van der Waals surface area contributed by atoms with Gasteiger partial charge in [-0.1, -0.05) is 18.6 Å². The molecule has 2 aliphatic rings. The van der Waals surface area contributed by atoms with E-state index in [9.17, 15) is 14.0 Å². The SMILES string of the molecule is Cl.Cl.NC[C@H]1CCC[C@H]1C(=O)N1CCN(CCNC(=O)c2ccccc2F)CC1. The van der Waals surface area contributed by atoms with Crippen LogP contribution in [0.5, 0.6) is 0 Å². The maximum absolute atomic E-state index is 13.6. The highest BCUT2D eigenvalue weighted by Gasteiger charge is 2.35. The predicted molar refractivity (Wildman–Crippen MR) is 116 cm³/mol. The monoisotopic (exact) mass is 448 g/mol. The van der Waals surface area contributed by atoms with Crippen LogP contribution in [0.15, 0.2) is 24.3 Å². The van der Waals surface area contributed by atoms with Gasteiger partial charge in [0.25, 0.3) is 5.91 Å². The first-order chi connectivity index (χ1) is 13.1. The number of nitrogens with zero attached hydrogens (tertiary/aromatic N) is 2. The van der Waals surface area contributed by atoms with Crippen molar-refractivity contribution < 1.29 is 14.0 Å². The van der Waals surface area contributed by atoms with E-state index in [0.29, 0.717) is 38.6 Å². The molecule has 0 bridgehead atoms. The minimum absolute atomic E-state index is 0. The van der Waals surface area contributed by atoms with Gasteiger partial charge in [-0.05, 0) is 37.4 Å². The highest BCUT2D eigenvalue weighted by atomic mass is 35.5. The number of nitrogens with two attached hydrogens (primary N) is 1. The van der Waals surface area contributed by atoms with Crippen molar-refractivity contribution in [2.45, 2.75) is 19.3 Å². The van der Waals surface area contributed by atoms with Gasteiger partial charge in [-0.25, -0.2) is 4.39 Å². The molecule has 1 aromatic rings. The van der Waals surface area contributed by atoms with Crippen LogP contribution in [0.3, 0.4) is 0 Å². The molecule has 164 valence electrons. The predicted octanol–water partition coefficient (Wildman–Crippen LogP) is 1.92. The Morgan fingerprint density at radius 1 is 1.10 bits per heavy atom. The summed E-state index contributed by atoms with van der Waals surface area (Å²) in [4.78, 5) is 28.9.